The molecule has 132 valence electrons. The van der Waals surface area contributed by atoms with Crippen molar-refractivity contribution in [1.82, 2.24) is 0 Å². The molecule has 25 heavy (non-hydrogen) atoms. The SMILES string of the molecule is CCOC(=O)c1cccc(NC(=O)CCCOc2cccc(C)c2)c1. The zero-order valence-electron chi connectivity index (χ0n) is 14.6. The average Bonchev–Trinajstić information content (AvgIpc) is 2.59. The first-order valence-corrected chi connectivity index (χ1v) is 8.35. The molecule has 0 radical (unpaired) electrons. The van der Waals surface area contributed by atoms with Crippen LogP contribution >= 0.6 is 0 Å². The maximum Gasteiger partial charge on any atom is 0.338 e. The van der Waals surface area contributed by atoms with Crippen LogP contribution in [0.15, 0.2) is 48.5 Å². The number of carbonyl (C=O) groups excluding carboxylic acids is 2. The highest BCUT2D eigenvalue weighted by molar-refractivity contribution is 5.94. The van der Waals surface area contributed by atoms with Crippen molar-refractivity contribution in [3.63, 3.8) is 0 Å². The summed E-state index contributed by atoms with van der Waals surface area (Å²) in [4.78, 5) is 23.7. The van der Waals surface area contributed by atoms with Crippen molar-refractivity contribution in [3.05, 3.63) is 59.7 Å². The van der Waals surface area contributed by atoms with Crippen LogP contribution in [-0.2, 0) is 9.53 Å². The van der Waals surface area contributed by atoms with E-state index in [4.69, 9.17) is 9.47 Å². The van der Waals surface area contributed by atoms with Crippen molar-refractivity contribution in [1.29, 1.82) is 0 Å². The van der Waals surface area contributed by atoms with E-state index in [-0.39, 0.29) is 5.91 Å². The van der Waals surface area contributed by atoms with E-state index in [0.717, 1.165) is 11.3 Å². The van der Waals surface area contributed by atoms with Crippen molar-refractivity contribution in [3.8, 4) is 5.75 Å². The molecule has 0 heterocycles. The van der Waals surface area contributed by atoms with Gasteiger partial charge in [-0.25, -0.2) is 4.79 Å². The summed E-state index contributed by atoms with van der Waals surface area (Å²) in [6, 6.07) is 14.5. The molecule has 2 aromatic rings. The summed E-state index contributed by atoms with van der Waals surface area (Å²) in [6.07, 6.45) is 0.951. The van der Waals surface area contributed by atoms with Gasteiger partial charge in [-0.2, -0.15) is 0 Å². The molecule has 0 aromatic heterocycles. The molecule has 0 saturated carbocycles. The minimum Gasteiger partial charge on any atom is -0.494 e. The molecule has 5 heteroatoms. The fraction of sp³-hybridized carbons (Fsp3) is 0.300. The van der Waals surface area contributed by atoms with E-state index in [2.05, 4.69) is 5.32 Å². The zero-order chi connectivity index (χ0) is 18.1. The summed E-state index contributed by atoms with van der Waals surface area (Å²) in [6.45, 7) is 4.54. The number of aryl methyl sites for hydroxylation is 1. The van der Waals surface area contributed by atoms with Crippen LogP contribution in [0.1, 0.15) is 35.7 Å². The number of nitrogens with one attached hydrogen (secondary N) is 1. The third-order valence-electron chi connectivity index (χ3n) is 3.46. The molecule has 0 spiro atoms. The molecule has 1 amide bonds. The summed E-state index contributed by atoms with van der Waals surface area (Å²) < 4.78 is 10.6. The van der Waals surface area contributed by atoms with E-state index < -0.39 is 5.97 Å². The Morgan fingerprint density at radius 2 is 1.88 bits per heavy atom. The number of benzene rings is 2. The molecule has 0 aliphatic carbocycles. The highest BCUT2D eigenvalue weighted by atomic mass is 16.5. The van der Waals surface area contributed by atoms with E-state index in [1.807, 2.05) is 31.2 Å². The van der Waals surface area contributed by atoms with Crippen molar-refractivity contribution >= 4 is 17.6 Å². The molecule has 0 atom stereocenters. The lowest BCUT2D eigenvalue weighted by Gasteiger charge is -2.08. The Morgan fingerprint density at radius 1 is 1.08 bits per heavy atom. The summed E-state index contributed by atoms with van der Waals surface area (Å²) in [5.41, 5.74) is 2.13. The van der Waals surface area contributed by atoms with Crippen molar-refractivity contribution in [2.45, 2.75) is 26.7 Å². The van der Waals surface area contributed by atoms with Crippen LogP contribution < -0.4 is 10.1 Å². The maximum absolute atomic E-state index is 12.0. The highest BCUT2D eigenvalue weighted by Crippen LogP contribution is 2.14. The Bertz CT molecular complexity index is 727. The van der Waals surface area contributed by atoms with Crippen LogP contribution in [0.3, 0.4) is 0 Å². The molecule has 0 bridgehead atoms. The smallest absolute Gasteiger partial charge is 0.338 e. The van der Waals surface area contributed by atoms with Gasteiger partial charge in [0.25, 0.3) is 0 Å². The molecule has 1 N–H and O–H groups in total. The predicted molar refractivity (Wildman–Crippen MR) is 96.9 cm³/mol. The molecule has 0 aliphatic heterocycles. The average molecular weight is 341 g/mol. The number of hydrogen-bond donors (Lipinski definition) is 1. The van der Waals surface area contributed by atoms with Crippen molar-refractivity contribution in [2.75, 3.05) is 18.5 Å². The van der Waals surface area contributed by atoms with Gasteiger partial charge in [0.15, 0.2) is 0 Å². The van der Waals surface area contributed by atoms with E-state index >= 15 is 0 Å². The Labute approximate surface area is 148 Å². The molecule has 0 unspecified atom stereocenters. The molecule has 0 aliphatic rings. The number of rotatable bonds is 8. The van der Waals surface area contributed by atoms with Gasteiger partial charge in [0, 0.05) is 12.1 Å². The lowest BCUT2D eigenvalue weighted by atomic mass is 10.2. The van der Waals surface area contributed by atoms with Gasteiger partial charge in [-0.1, -0.05) is 18.2 Å². The quantitative estimate of drug-likeness (QED) is 0.583. The van der Waals surface area contributed by atoms with Crippen molar-refractivity contribution in [2.24, 2.45) is 0 Å². The van der Waals surface area contributed by atoms with E-state index in [0.29, 0.717) is 37.3 Å². The number of esters is 1. The Hall–Kier alpha value is -2.82. The Morgan fingerprint density at radius 3 is 2.64 bits per heavy atom. The van der Waals surface area contributed by atoms with E-state index in [1.165, 1.54) is 0 Å². The van der Waals surface area contributed by atoms with Crippen LogP contribution in [0.5, 0.6) is 5.75 Å². The van der Waals surface area contributed by atoms with Crippen LogP contribution in [0.4, 0.5) is 5.69 Å². The Kier molecular flexibility index (Phi) is 7.01. The zero-order valence-corrected chi connectivity index (χ0v) is 14.6. The second-order valence-corrected chi connectivity index (χ2v) is 5.62. The standard InChI is InChI=1S/C20H23NO4/c1-3-24-20(23)16-8-5-9-17(14-16)21-19(22)11-6-12-25-18-10-4-7-15(2)13-18/h4-5,7-10,13-14H,3,6,11-12H2,1-2H3,(H,21,22). The fourth-order valence-corrected chi connectivity index (χ4v) is 2.29. The topological polar surface area (TPSA) is 64.6 Å². The van der Waals surface area contributed by atoms with Crippen LogP contribution in [0.25, 0.3) is 0 Å². The number of carbonyl (C=O) groups is 2. The van der Waals surface area contributed by atoms with Gasteiger partial charge in [0.1, 0.15) is 5.75 Å². The number of ether oxygens (including phenoxy) is 2. The largest absolute Gasteiger partial charge is 0.494 e. The molecular weight excluding hydrogens is 318 g/mol. The number of anilines is 1. The second-order valence-electron chi connectivity index (χ2n) is 5.62. The predicted octanol–water partition coefficient (Wildman–Crippen LogP) is 3.97. The van der Waals surface area contributed by atoms with Gasteiger partial charge in [0.2, 0.25) is 5.91 Å². The third-order valence-corrected chi connectivity index (χ3v) is 3.46. The van der Waals surface area contributed by atoms with Gasteiger partial charge >= 0.3 is 5.97 Å². The van der Waals surface area contributed by atoms with Gasteiger partial charge in [0.05, 0.1) is 18.8 Å². The van der Waals surface area contributed by atoms with Crippen LogP contribution in [-0.4, -0.2) is 25.1 Å². The lowest BCUT2D eigenvalue weighted by molar-refractivity contribution is -0.116. The highest BCUT2D eigenvalue weighted by Gasteiger charge is 2.08. The monoisotopic (exact) mass is 341 g/mol. The third kappa shape index (κ3) is 6.30. The normalized spacial score (nSPS) is 10.2. The molecule has 0 saturated heterocycles. The summed E-state index contributed by atoms with van der Waals surface area (Å²) in [5, 5.41) is 2.78. The minimum atomic E-state index is -0.398. The number of hydrogen-bond acceptors (Lipinski definition) is 4. The van der Waals surface area contributed by atoms with E-state index in [9.17, 15) is 9.59 Å². The van der Waals surface area contributed by atoms with Gasteiger partial charge in [-0.05, 0) is 56.2 Å². The summed E-state index contributed by atoms with van der Waals surface area (Å²) in [7, 11) is 0. The molecule has 2 rings (SSSR count). The maximum atomic E-state index is 12.0. The van der Waals surface area contributed by atoms with Crippen LogP contribution in [0.2, 0.25) is 0 Å². The van der Waals surface area contributed by atoms with Gasteiger partial charge < -0.3 is 14.8 Å². The lowest BCUT2D eigenvalue weighted by Crippen LogP contribution is -2.13. The minimum absolute atomic E-state index is 0.117. The van der Waals surface area contributed by atoms with Gasteiger partial charge in [-0.15, -0.1) is 0 Å². The summed E-state index contributed by atoms with van der Waals surface area (Å²) >= 11 is 0. The first-order chi connectivity index (χ1) is 12.1. The molecular formula is C20H23NO4. The molecule has 0 fully saturated rings. The summed E-state index contributed by atoms with van der Waals surface area (Å²) in [5.74, 6) is 0.293. The first-order valence-electron chi connectivity index (χ1n) is 8.35. The second kappa shape index (κ2) is 9.47. The first kappa shape index (κ1) is 18.5. The van der Waals surface area contributed by atoms with E-state index in [1.54, 1.807) is 31.2 Å². The Balaban J connectivity index is 1.76. The molecule has 5 nitrogen and oxygen atoms in total. The van der Waals surface area contributed by atoms with Gasteiger partial charge in [-0.3, -0.25) is 4.79 Å². The van der Waals surface area contributed by atoms with Crippen molar-refractivity contribution < 1.29 is 19.1 Å². The van der Waals surface area contributed by atoms with Crippen LogP contribution in [0, 0.1) is 6.92 Å². The molecule has 2 aromatic carbocycles. The fourth-order valence-electron chi connectivity index (χ4n) is 2.29. The number of amides is 1.